The number of ether oxygens (including phenoxy) is 3. The number of hydrogen-bond acceptors (Lipinski definition) is 8. The summed E-state index contributed by atoms with van der Waals surface area (Å²) in [6, 6.07) is -1.17. The van der Waals surface area contributed by atoms with Crippen LogP contribution in [0.1, 0.15) is 20.8 Å². The fourth-order valence-corrected chi connectivity index (χ4v) is 2.00. The smallest absolute Gasteiger partial charge is 0.303 e. The predicted molar refractivity (Wildman–Crippen MR) is 66.7 cm³/mol. The molecule has 1 fully saturated rings. The van der Waals surface area contributed by atoms with E-state index in [1.54, 1.807) is 0 Å². The molecule has 0 unspecified atom stereocenters. The van der Waals surface area contributed by atoms with Gasteiger partial charge in [-0.1, -0.05) is 0 Å². The molecular weight excluding hydrogens is 286 g/mol. The molecule has 1 aliphatic rings. The van der Waals surface area contributed by atoms with Gasteiger partial charge in [0.05, 0.1) is 0 Å². The number of hydrogen-bond donors (Lipinski definition) is 3. The first-order valence-corrected chi connectivity index (χ1v) is 6.31. The average Bonchev–Trinajstić information content (AvgIpc) is 2.35. The highest BCUT2D eigenvalue weighted by Gasteiger charge is 2.47. The third kappa shape index (κ3) is 4.96. The molecule has 1 rings (SSSR count). The summed E-state index contributed by atoms with van der Waals surface area (Å²) in [5, 5.41) is 22.3. The van der Waals surface area contributed by atoms with Gasteiger partial charge in [-0.25, -0.2) is 0 Å². The minimum atomic E-state index is -1.53. The molecule has 0 aliphatic carbocycles. The third-order valence-corrected chi connectivity index (χ3v) is 2.82. The molecule has 0 saturated carbocycles. The maximum absolute atomic E-state index is 11.1. The lowest BCUT2D eigenvalue weighted by Crippen LogP contribution is -2.65. The van der Waals surface area contributed by atoms with E-state index in [9.17, 15) is 24.6 Å². The zero-order valence-electron chi connectivity index (χ0n) is 11.9. The van der Waals surface area contributed by atoms with Crippen LogP contribution in [0.3, 0.4) is 0 Å². The van der Waals surface area contributed by atoms with E-state index in [2.05, 4.69) is 5.32 Å². The van der Waals surface area contributed by atoms with Crippen molar-refractivity contribution in [1.82, 2.24) is 5.32 Å². The normalized spacial score (nSPS) is 32.1. The second kappa shape index (κ2) is 7.34. The van der Waals surface area contributed by atoms with Gasteiger partial charge in [0, 0.05) is 20.8 Å². The van der Waals surface area contributed by atoms with Crippen LogP contribution in [0.4, 0.5) is 0 Å². The van der Waals surface area contributed by atoms with Crippen molar-refractivity contribution in [3.05, 3.63) is 0 Å². The second-order valence-electron chi connectivity index (χ2n) is 4.66. The molecule has 1 saturated heterocycles. The number of nitrogens with one attached hydrogen (secondary N) is 1. The van der Waals surface area contributed by atoms with Crippen molar-refractivity contribution in [2.24, 2.45) is 0 Å². The summed E-state index contributed by atoms with van der Waals surface area (Å²) < 4.78 is 14.8. The Morgan fingerprint density at radius 3 is 2.24 bits per heavy atom. The van der Waals surface area contributed by atoms with Crippen LogP contribution in [-0.2, 0) is 28.6 Å². The van der Waals surface area contributed by atoms with Gasteiger partial charge in [0.25, 0.3) is 0 Å². The fraction of sp³-hybridized carbons (Fsp3) is 0.750. The zero-order valence-corrected chi connectivity index (χ0v) is 11.9. The number of aliphatic hydroxyl groups is 2. The van der Waals surface area contributed by atoms with E-state index >= 15 is 0 Å². The quantitative estimate of drug-likeness (QED) is 0.511. The summed E-state index contributed by atoms with van der Waals surface area (Å²) in [6.45, 7) is 3.20. The summed E-state index contributed by atoms with van der Waals surface area (Å²) in [5.74, 6) is -1.77. The predicted octanol–water partition coefficient (Wildman–Crippen LogP) is -1.94. The highest BCUT2D eigenvalue weighted by atomic mass is 16.7. The molecule has 0 aromatic rings. The van der Waals surface area contributed by atoms with Crippen LogP contribution in [0.15, 0.2) is 0 Å². The van der Waals surface area contributed by atoms with Crippen LogP contribution in [0.5, 0.6) is 0 Å². The van der Waals surface area contributed by atoms with Crippen molar-refractivity contribution in [2.45, 2.75) is 51.4 Å². The summed E-state index contributed by atoms with van der Waals surface area (Å²) in [6.07, 6.45) is -5.19. The Morgan fingerprint density at radius 2 is 1.76 bits per heavy atom. The molecule has 0 aromatic carbocycles. The first-order chi connectivity index (χ1) is 9.72. The Bertz CT molecular complexity index is 410. The lowest BCUT2D eigenvalue weighted by Gasteiger charge is -2.41. The Hall–Kier alpha value is -1.71. The van der Waals surface area contributed by atoms with Gasteiger partial charge in [0.2, 0.25) is 5.91 Å². The van der Waals surface area contributed by atoms with E-state index < -0.39 is 48.5 Å². The average molecular weight is 305 g/mol. The van der Waals surface area contributed by atoms with Crippen molar-refractivity contribution in [3.8, 4) is 0 Å². The van der Waals surface area contributed by atoms with Crippen molar-refractivity contribution in [2.75, 3.05) is 6.61 Å². The van der Waals surface area contributed by atoms with Gasteiger partial charge in [0.1, 0.15) is 24.9 Å². The lowest BCUT2D eigenvalue weighted by atomic mass is 9.96. The molecule has 0 radical (unpaired) electrons. The zero-order chi connectivity index (χ0) is 16.2. The van der Waals surface area contributed by atoms with Crippen molar-refractivity contribution < 1.29 is 38.8 Å². The van der Waals surface area contributed by atoms with Crippen LogP contribution >= 0.6 is 0 Å². The minimum absolute atomic E-state index is 0.311. The molecule has 9 nitrogen and oxygen atoms in total. The van der Waals surface area contributed by atoms with Gasteiger partial charge >= 0.3 is 11.9 Å². The van der Waals surface area contributed by atoms with E-state index in [4.69, 9.17) is 14.2 Å². The Balaban J connectivity index is 2.86. The molecular formula is C12H19NO8. The van der Waals surface area contributed by atoms with Crippen molar-refractivity contribution in [3.63, 3.8) is 0 Å². The van der Waals surface area contributed by atoms with E-state index in [1.807, 2.05) is 0 Å². The maximum Gasteiger partial charge on any atom is 0.303 e. The molecule has 0 aromatic heterocycles. The number of carbonyl (C=O) groups is 3. The van der Waals surface area contributed by atoms with Gasteiger partial charge in [0.15, 0.2) is 12.4 Å². The largest absolute Gasteiger partial charge is 0.463 e. The minimum Gasteiger partial charge on any atom is -0.463 e. The first kappa shape index (κ1) is 17.3. The van der Waals surface area contributed by atoms with Crippen LogP contribution in [0.25, 0.3) is 0 Å². The standard InChI is InChI=1S/C12H19NO8/c1-5(14)13-9-10(17)11(20-7(3)16)8(21-12(9)18)4-19-6(2)15/h8-12,17-18H,4H2,1-3H3,(H,13,14)/t8-,9-,10-,11-,12+/m1/s1. The molecule has 3 N–H and O–H groups in total. The Kier molecular flexibility index (Phi) is 6.06. The second-order valence-corrected chi connectivity index (χ2v) is 4.66. The van der Waals surface area contributed by atoms with E-state index in [0.717, 1.165) is 6.92 Å². The molecule has 1 aliphatic heterocycles. The molecule has 9 heteroatoms. The highest BCUT2D eigenvalue weighted by molar-refractivity contribution is 5.73. The van der Waals surface area contributed by atoms with E-state index in [0.29, 0.717) is 0 Å². The number of esters is 2. The molecule has 5 atom stereocenters. The number of carbonyl (C=O) groups excluding carboxylic acids is 3. The van der Waals surface area contributed by atoms with Crippen molar-refractivity contribution in [1.29, 1.82) is 0 Å². The number of aliphatic hydroxyl groups excluding tert-OH is 2. The Labute approximate surface area is 121 Å². The van der Waals surface area contributed by atoms with Crippen LogP contribution in [-0.4, -0.2) is 65.3 Å². The summed E-state index contributed by atoms with van der Waals surface area (Å²) in [5.41, 5.74) is 0. The third-order valence-electron chi connectivity index (χ3n) is 2.82. The van der Waals surface area contributed by atoms with Crippen LogP contribution < -0.4 is 5.32 Å². The van der Waals surface area contributed by atoms with E-state index in [1.165, 1.54) is 13.8 Å². The molecule has 0 spiro atoms. The lowest BCUT2D eigenvalue weighted by molar-refractivity contribution is -0.260. The summed E-state index contributed by atoms with van der Waals surface area (Å²) in [7, 11) is 0. The van der Waals surface area contributed by atoms with Gasteiger partial charge in [-0.2, -0.15) is 0 Å². The molecule has 1 amide bonds. The van der Waals surface area contributed by atoms with E-state index in [-0.39, 0.29) is 6.61 Å². The molecule has 120 valence electrons. The monoisotopic (exact) mass is 305 g/mol. The van der Waals surface area contributed by atoms with Crippen LogP contribution in [0, 0.1) is 0 Å². The summed E-state index contributed by atoms with van der Waals surface area (Å²) in [4.78, 5) is 33.0. The summed E-state index contributed by atoms with van der Waals surface area (Å²) >= 11 is 0. The van der Waals surface area contributed by atoms with Crippen LogP contribution in [0.2, 0.25) is 0 Å². The van der Waals surface area contributed by atoms with Crippen molar-refractivity contribution >= 4 is 17.8 Å². The van der Waals surface area contributed by atoms with Gasteiger partial charge in [-0.15, -0.1) is 0 Å². The Morgan fingerprint density at radius 1 is 1.14 bits per heavy atom. The fourth-order valence-electron chi connectivity index (χ4n) is 2.00. The van der Waals surface area contributed by atoms with Gasteiger partial charge in [-0.3, -0.25) is 14.4 Å². The highest BCUT2D eigenvalue weighted by Crippen LogP contribution is 2.23. The van der Waals surface area contributed by atoms with Gasteiger partial charge in [-0.05, 0) is 0 Å². The SMILES string of the molecule is CC(=O)N[C@@H]1[C@@H](O)[C@H](OC(C)=O)[C@@H](COC(C)=O)O[C@@H]1O. The van der Waals surface area contributed by atoms with Gasteiger partial charge < -0.3 is 29.7 Å². The number of amides is 1. The maximum atomic E-state index is 11.1. The molecule has 0 bridgehead atoms. The molecule has 1 heterocycles. The topological polar surface area (TPSA) is 131 Å². The first-order valence-electron chi connectivity index (χ1n) is 6.31. The molecule has 21 heavy (non-hydrogen) atoms. The number of rotatable bonds is 4.